The number of esters is 1. The molecule has 0 aliphatic rings. The maximum absolute atomic E-state index is 12.8. The van der Waals surface area contributed by atoms with Crippen molar-refractivity contribution in [2.75, 3.05) is 7.11 Å². The van der Waals surface area contributed by atoms with Crippen molar-refractivity contribution in [3.8, 4) is 6.07 Å². The summed E-state index contributed by atoms with van der Waals surface area (Å²) in [5, 5.41) is 8.78. The Morgan fingerprint density at radius 3 is 2.76 bits per heavy atom. The third-order valence-corrected chi connectivity index (χ3v) is 2.24. The molecule has 0 radical (unpaired) electrons. The normalized spacial score (nSPS) is 10.1. The van der Waals surface area contributed by atoms with Crippen molar-refractivity contribution < 1.29 is 18.3 Å². The zero-order chi connectivity index (χ0) is 13.0. The van der Waals surface area contributed by atoms with Crippen LogP contribution >= 0.6 is 11.6 Å². The summed E-state index contributed by atoms with van der Waals surface area (Å²) in [5.41, 5.74) is -1.42. The van der Waals surface area contributed by atoms with E-state index in [1.165, 1.54) is 0 Å². The molecule has 0 saturated heterocycles. The number of methoxy groups -OCH3 is 1. The predicted molar refractivity (Wildman–Crippen MR) is 54.8 cm³/mol. The smallest absolute Gasteiger partial charge is 0.341 e. The van der Waals surface area contributed by atoms with E-state index in [1.54, 1.807) is 6.07 Å². The number of nitrogens with zero attached hydrogens (tertiary/aromatic N) is 2. The van der Waals surface area contributed by atoms with Crippen LogP contribution in [0.5, 0.6) is 0 Å². The van der Waals surface area contributed by atoms with E-state index in [2.05, 4.69) is 9.72 Å². The van der Waals surface area contributed by atoms with Crippen LogP contribution in [0.25, 0.3) is 0 Å². The average molecular weight is 261 g/mol. The summed E-state index contributed by atoms with van der Waals surface area (Å²) in [4.78, 5) is 15.0. The average Bonchev–Trinajstić information content (AvgIpc) is 2.35. The highest BCUT2D eigenvalue weighted by atomic mass is 35.5. The number of nitriles is 1. The lowest BCUT2D eigenvalue weighted by atomic mass is 10.1. The Kier molecular flexibility index (Phi) is 4.35. The van der Waals surface area contributed by atoms with Gasteiger partial charge in [-0.1, -0.05) is 0 Å². The zero-order valence-corrected chi connectivity index (χ0v) is 9.46. The van der Waals surface area contributed by atoms with Crippen LogP contribution in [0.15, 0.2) is 6.07 Å². The molecule has 7 heteroatoms. The van der Waals surface area contributed by atoms with Gasteiger partial charge in [0.1, 0.15) is 11.6 Å². The Balaban J connectivity index is 3.53. The summed E-state index contributed by atoms with van der Waals surface area (Å²) in [6.07, 6.45) is -2.92. The molecule has 1 heterocycles. The molecule has 17 heavy (non-hydrogen) atoms. The van der Waals surface area contributed by atoms with Gasteiger partial charge in [-0.15, -0.1) is 11.6 Å². The van der Waals surface area contributed by atoms with Crippen LogP contribution in [0.3, 0.4) is 0 Å². The van der Waals surface area contributed by atoms with Gasteiger partial charge in [-0.25, -0.2) is 18.6 Å². The third-order valence-electron chi connectivity index (χ3n) is 1.97. The van der Waals surface area contributed by atoms with E-state index >= 15 is 0 Å². The van der Waals surface area contributed by atoms with Gasteiger partial charge >= 0.3 is 5.97 Å². The highest BCUT2D eigenvalue weighted by molar-refractivity contribution is 6.16. The van der Waals surface area contributed by atoms with E-state index < -0.39 is 29.2 Å². The van der Waals surface area contributed by atoms with Gasteiger partial charge in [-0.3, -0.25) is 0 Å². The number of hydrogen-bond donors (Lipinski definition) is 0. The molecular formula is C10H7ClF2N2O2. The quantitative estimate of drug-likeness (QED) is 0.618. The monoisotopic (exact) mass is 260 g/mol. The highest BCUT2D eigenvalue weighted by Crippen LogP contribution is 2.26. The molecule has 0 aliphatic heterocycles. The van der Waals surface area contributed by atoms with Gasteiger partial charge in [0.15, 0.2) is 5.69 Å². The van der Waals surface area contributed by atoms with Crippen molar-refractivity contribution in [3.05, 3.63) is 28.6 Å². The molecule has 0 N–H and O–H groups in total. The van der Waals surface area contributed by atoms with Crippen molar-refractivity contribution >= 4 is 17.6 Å². The first-order chi connectivity index (χ1) is 8.04. The predicted octanol–water partition coefficient (Wildman–Crippen LogP) is 2.42. The van der Waals surface area contributed by atoms with Crippen LogP contribution < -0.4 is 0 Å². The lowest BCUT2D eigenvalue weighted by Gasteiger charge is -2.09. The molecule has 4 nitrogen and oxygen atoms in total. The summed E-state index contributed by atoms with van der Waals surface area (Å²) in [5.74, 6) is -1.15. The van der Waals surface area contributed by atoms with E-state index in [1.807, 2.05) is 0 Å². The Morgan fingerprint density at radius 2 is 2.35 bits per heavy atom. The highest BCUT2D eigenvalue weighted by Gasteiger charge is 2.25. The first-order valence-corrected chi connectivity index (χ1v) is 4.95. The number of alkyl halides is 3. The lowest BCUT2D eigenvalue weighted by molar-refractivity contribution is 0.0588. The summed E-state index contributed by atoms with van der Waals surface area (Å²) < 4.78 is 29.9. The number of carbonyl (C=O) groups is 1. The first-order valence-electron chi connectivity index (χ1n) is 4.41. The van der Waals surface area contributed by atoms with Gasteiger partial charge in [0.25, 0.3) is 6.43 Å². The summed E-state index contributed by atoms with van der Waals surface area (Å²) >= 11 is 5.47. The minimum absolute atomic E-state index is 0.103. The zero-order valence-electron chi connectivity index (χ0n) is 8.71. The van der Waals surface area contributed by atoms with Crippen molar-refractivity contribution in [2.45, 2.75) is 12.3 Å². The summed E-state index contributed by atoms with van der Waals surface area (Å²) in [6, 6.07) is 2.57. The van der Waals surface area contributed by atoms with Crippen molar-refractivity contribution in [2.24, 2.45) is 0 Å². The molecule has 0 fully saturated rings. The number of aromatic nitrogens is 1. The van der Waals surface area contributed by atoms with E-state index in [4.69, 9.17) is 16.9 Å². The fourth-order valence-electron chi connectivity index (χ4n) is 1.26. The van der Waals surface area contributed by atoms with Gasteiger partial charge in [-0.2, -0.15) is 5.26 Å². The van der Waals surface area contributed by atoms with E-state index in [9.17, 15) is 13.6 Å². The number of carbonyl (C=O) groups excluding carboxylic acids is 1. The van der Waals surface area contributed by atoms with Crippen LogP contribution in [0.4, 0.5) is 8.78 Å². The first kappa shape index (κ1) is 13.3. The van der Waals surface area contributed by atoms with E-state index in [0.717, 1.165) is 13.2 Å². The largest absolute Gasteiger partial charge is 0.465 e. The maximum Gasteiger partial charge on any atom is 0.341 e. The Morgan fingerprint density at radius 1 is 1.71 bits per heavy atom. The standard InChI is InChI=1S/C10H7ClF2N2O2/c1-17-10(16)8-6(9(12)13)2-5(3-11)15-7(8)4-14/h2,9H,3H2,1H3. The topological polar surface area (TPSA) is 63.0 Å². The molecule has 1 rings (SSSR count). The summed E-state index contributed by atoms with van der Waals surface area (Å²) in [7, 11) is 1.04. The summed E-state index contributed by atoms with van der Waals surface area (Å²) in [6.45, 7) is 0. The number of rotatable bonds is 3. The van der Waals surface area contributed by atoms with Crippen LogP contribution in [0, 0.1) is 11.3 Å². The van der Waals surface area contributed by atoms with Crippen molar-refractivity contribution in [3.63, 3.8) is 0 Å². The third kappa shape index (κ3) is 2.68. The molecule has 1 aromatic rings. The van der Waals surface area contributed by atoms with Crippen LogP contribution in [-0.4, -0.2) is 18.1 Å². The van der Waals surface area contributed by atoms with E-state index in [-0.39, 0.29) is 11.6 Å². The molecule has 0 aliphatic carbocycles. The van der Waals surface area contributed by atoms with Gasteiger partial charge in [0.05, 0.1) is 18.7 Å². The van der Waals surface area contributed by atoms with Gasteiger partial charge in [0, 0.05) is 5.56 Å². The van der Waals surface area contributed by atoms with Crippen LogP contribution in [0.2, 0.25) is 0 Å². The second-order valence-electron chi connectivity index (χ2n) is 2.96. The van der Waals surface area contributed by atoms with Crippen LogP contribution in [-0.2, 0) is 10.6 Å². The molecular weight excluding hydrogens is 254 g/mol. The molecule has 0 unspecified atom stereocenters. The molecule has 90 valence electrons. The maximum atomic E-state index is 12.8. The molecule has 0 saturated carbocycles. The fraction of sp³-hybridized carbons (Fsp3) is 0.300. The Bertz CT molecular complexity index is 486. The molecule has 0 bridgehead atoms. The number of hydrogen-bond acceptors (Lipinski definition) is 4. The van der Waals surface area contributed by atoms with Crippen LogP contribution in [0.1, 0.15) is 33.7 Å². The van der Waals surface area contributed by atoms with Gasteiger partial charge in [-0.05, 0) is 6.07 Å². The van der Waals surface area contributed by atoms with Crippen molar-refractivity contribution in [1.29, 1.82) is 5.26 Å². The molecule has 0 spiro atoms. The Labute approximate surface area is 101 Å². The lowest BCUT2D eigenvalue weighted by Crippen LogP contribution is -2.12. The molecule has 0 atom stereocenters. The number of halogens is 3. The van der Waals surface area contributed by atoms with Gasteiger partial charge < -0.3 is 4.74 Å². The minimum Gasteiger partial charge on any atom is -0.465 e. The fourth-order valence-corrected chi connectivity index (χ4v) is 1.40. The minimum atomic E-state index is -2.92. The van der Waals surface area contributed by atoms with Gasteiger partial charge in [0.2, 0.25) is 0 Å². The number of pyridine rings is 1. The second-order valence-corrected chi connectivity index (χ2v) is 3.23. The second kappa shape index (κ2) is 5.55. The SMILES string of the molecule is COC(=O)c1c(C(F)F)cc(CCl)nc1C#N. The molecule has 1 aromatic heterocycles. The number of ether oxygens (including phenoxy) is 1. The van der Waals surface area contributed by atoms with E-state index in [0.29, 0.717) is 0 Å². The molecule has 0 aromatic carbocycles. The Hall–Kier alpha value is -1.74. The van der Waals surface area contributed by atoms with Crippen molar-refractivity contribution in [1.82, 2.24) is 4.98 Å². The molecule has 0 amide bonds.